The Labute approximate surface area is 119 Å². The minimum absolute atomic E-state index is 0.690. The molecular formula is C15H21N5. The van der Waals surface area contributed by atoms with E-state index in [0.717, 1.165) is 29.5 Å². The summed E-state index contributed by atoms with van der Waals surface area (Å²) in [6.45, 7) is 3.25. The van der Waals surface area contributed by atoms with E-state index in [-0.39, 0.29) is 0 Å². The molecule has 1 aromatic carbocycles. The topological polar surface area (TPSA) is 69.6 Å². The van der Waals surface area contributed by atoms with Gasteiger partial charge in [-0.2, -0.15) is 0 Å². The van der Waals surface area contributed by atoms with Gasteiger partial charge in [-0.3, -0.25) is 0 Å². The van der Waals surface area contributed by atoms with Crippen molar-refractivity contribution in [2.24, 2.45) is 11.8 Å². The molecule has 1 aliphatic carbocycles. The molecule has 5 nitrogen and oxygen atoms in total. The van der Waals surface area contributed by atoms with E-state index in [2.05, 4.69) is 22.4 Å². The van der Waals surface area contributed by atoms with Crippen molar-refractivity contribution in [1.82, 2.24) is 20.2 Å². The molecule has 1 heterocycles. The second kappa shape index (κ2) is 5.61. The van der Waals surface area contributed by atoms with Crippen molar-refractivity contribution in [2.75, 3.05) is 5.73 Å². The largest absolute Gasteiger partial charge is 0.399 e. The smallest absolute Gasteiger partial charge is 0.182 e. The average molecular weight is 271 g/mol. The lowest BCUT2D eigenvalue weighted by molar-refractivity contribution is 0.249. The van der Waals surface area contributed by atoms with Gasteiger partial charge in [0.25, 0.3) is 0 Å². The molecule has 2 atom stereocenters. The quantitative estimate of drug-likeness (QED) is 0.871. The summed E-state index contributed by atoms with van der Waals surface area (Å²) >= 11 is 0. The lowest BCUT2D eigenvalue weighted by Crippen LogP contribution is -2.19. The normalized spacial score (nSPS) is 22.9. The van der Waals surface area contributed by atoms with Gasteiger partial charge in [0, 0.05) is 17.8 Å². The maximum Gasteiger partial charge on any atom is 0.182 e. The van der Waals surface area contributed by atoms with Gasteiger partial charge >= 0.3 is 0 Å². The molecule has 5 heteroatoms. The molecule has 2 N–H and O–H groups in total. The molecule has 0 bridgehead atoms. The summed E-state index contributed by atoms with van der Waals surface area (Å²) in [7, 11) is 0. The maximum absolute atomic E-state index is 5.72. The summed E-state index contributed by atoms with van der Waals surface area (Å²) < 4.78 is 1.94. The summed E-state index contributed by atoms with van der Waals surface area (Å²) in [5.41, 5.74) is 7.50. The van der Waals surface area contributed by atoms with E-state index in [9.17, 15) is 0 Å². The van der Waals surface area contributed by atoms with Gasteiger partial charge in [0.1, 0.15) is 0 Å². The first-order chi connectivity index (χ1) is 9.72. The molecule has 0 spiro atoms. The molecule has 1 saturated carbocycles. The predicted molar refractivity (Wildman–Crippen MR) is 78.8 cm³/mol. The molecule has 20 heavy (non-hydrogen) atoms. The summed E-state index contributed by atoms with van der Waals surface area (Å²) in [4.78, 5) is 0. The van der Waals surface area contributed by atoms with E-state index in [1.807, 2.05) is 28.9 Å². The number of nitrogens with zero attached hydrogens (tertiary/aromatic N) is 4. The Hall–Kier alpha value is -1.91. The van der Waals surface area contributed by atoms with Crippen LogP contribution in [0.2, 0.25) is 0 Å². The zero-order valence-corrected chi connectivity index (χ0v) is 11.9. The molecule has 1 aliphatic rings. The summed E-state index contributed by atoms with van der Waals surface area (Å²) in [6, 6.07) is 7.72. The summed E-state index contributed by atoms with van der Waals surface area (Å²) in [6.07, 6.45) is 5.24. The van der Waals surface area contributed by atoms with E-state index in [1.165, 1.54) is 25.7 Å². The Bertz CT molecular complexity index is 560. The Balaban J connectivity index is 1.78. The zero-order valence-electron chi connectivity index (χ0n) is 11.9. The van der Waals surface area contributed by atoms with Crippen LogP contribution in [0.3, 0.4) is 0 Å². The second-order valence-corrected chi connectivity index (χ2v) is 5.94. The minimum atomic E-state index is 0.690. The van der Waals surface area contributed by atoms with Crippen LogP contribution in [0.15, 0.2) is 24.3 Å². The molecule has 3 rings (SSSR count). The third kappa shape index (κ3) is 2.81. The minimum Gasteiger partial charge on any atom is -0.399 e. The molecule has 0 saturated heterocycles. The highest BCUT2D eigenvalue weighted by atomic mass is 15.5. The number of hydrogen-bond acceptors (Lipinski definition) is 4. The van der Waals surface area contributed by atoms with Crippen molar-refractivity contribution < 1.29 is 0 Å². The van der Waals surface area contributed by atoms with Crippen molar-refractivity contribution >= 4 is 5.69 Å². The van der Waals surface area contributed by atoms with Crippen LogP contribution in [0, 0.1) is 11.8 Å². The fourth-order valence-electron chi connectivity index (χ4n) is 3.14. The van der Waals surface area contributed by atoms with Crippen LogP contribution in [0.4, 0.5) is 5.69 Å². The van der Waals surface area contributed by atoms with Crippen LogP contribution in [0.5, 0.6) is 0 Å². The monoisotopic (exact) mass is 271 g/mol. The first kappa shape index (κ1) is 13.1. The third-order valence-electron chi connectivity index (χ3n) is 4.18. The summed E-state index contributed by atoms with van der Waals surface area (Å²) in [5, 5.41) is 12.2. The van der Waals surface area contributed by atoms with Gasteiger partial charge in [-0.15, -0.1) is 5.10 Å². The van der Waals surface area contributed by atoms with Crippen molar-refractivity contribution in [2.45, 2.75) is 39.2 Å². The Kier molecular flexibility index (Phi) is 3.67. The molecule has 2 unspecified atom stereocenters. The molecule has 106 valence electrons. The number of rotatable bonds is 3. The number of tetrazole rings is 1. The number of nitrogens with two attached hydrogens (primary N) is 1. The molecule has 0 amide bonds. The van der Waals surface area contributed by atoms with Crippen LogP contribution in [0.25, 0.3) is 11.4 Å². The fraction of sp³-hybridized carbons (Fsp3) is 0.533. The highest BCUT2D eigenvalue weighted by Gasteiger charge is 2.21. The van der Waals surface area contributed by atoms with Crippen LogP contribution >= 0.6 is 0 Å². The fourth-order valence-corrected chi connectivity index (χ4v) is 3.14. The van der Waals surface area contributed by atoms with Gasteiger partial charge in [-0.25, -0.2) is 4.68 Å². The second-order valence-electron chi connectivity index (χ2n) is 5.94. The number of aromatic nitrogens is 4. The van der Waals surface area contributed by atoms with E-state index in [0.29, 0.717) is 5.92 Å². The standard InChI is InChI=1S/C15H21N5/c1-11-3-2-4-12(9-11)10-20-15(17-18-19-20)13-5-7-14(16)8-6-13/h5-8,11-12H,2-4,9-10,16H2,1H3. The first-order valence-corrected chi connectivity index (χ1v) is 7.34. The van der Waals surface area contributed by atoms with Crippen molar-refractivity contribution in [3.8, 4) is 11.4 Å². The first-order valence-electron chi connectivity index (χ1n) is 7.34. The Morgan fingerprint density at radius 1 is 1.25 bits per heavy atom. The van der Waals surface area contributed by atoms with Gasteiger partial charge in [0.15, 0.2) is 5.82 Å². The SMILES string of the molecule is CC1CCCC(Cn2nnnc2-c2ccc(N)cc2)C1. The molecule has 0 radical (unpaired) electrons. The Morgan fingerprint density at radius 3 is 2.80 bits per heavy atom. The van der Waals surface area contributed by atoms with Gasteiger partial charge < -0.3 is 5.73 Å². The van der Waals surface area contributed by atoms with Gasteiger partial charge in [-0.05, 0) is 59.4 Å². The lowest BCUT2D eigenvalue weighted by Gasteiger charge is -2.26. The number of benzene rings is 1. The number of nitrogen functional groups attached to an aromatic ring is 1. The van der Waals surface area contributed by atoms with E-state index in [4.69, 9.17) is 5.73 Å². The average Bonchev–Trinajstić information content (AvgIpc) is 2.88. The predicted octanol–water partition coefficient (Wildman–Crippen LogP) is 2.75. The van der Waals surface area contributed by atoms with Gasteiger partial charge in [0.2, 0.25) is 0 Å². The highest BCUT2D eigenvalue weighted by molar-refractivity contribution is 5.58. The van der Waals surface area contributed by atoms with Crippen molar-refractivity contribution in [3.05, 3.63) is 24.3 Å². The molecule has 1 aromatic heterocycles. The maximum atomic E-state index is 5.72. The van der Waals surface area contributed by atoms with E-state index in [1.54, 1.807) is 0 Å². The van der Waals surface area contributed by atoms with Crippen LogP contribution in [-0.4, -0.2) is 20.2 Å². The van der Waals surface area contributed by atoms with Crippen LogP contribution in [0.1, 0.15) is 32.6 Å². The Morgan fingerprint density at radius 2 is 2.05 bits per heavy atom. The lowest BCUT2D eigenvalue weighted by atomic mass is 9.82. The molecular weight excluding hydrogens is 250 g/mol. The number of anilines is 1. The third-order valence-corrected chi connectivity index (χ3v) is 4.18. The van der Waals surface area contributed by atoms with Gasteiger partial charge in [-0.1, -0.05) is 19.8 Å². The molecule has 2 aromatic rings. The van der Waals surface area contributed by atoms with Crippen molar-refractivity contribution in [3.63, 3.8) is 0 Å². The van der Waals surface area contributed by atoms with Gasteiger partial charge in [0.05, 0.1) is 0 Å². The van der Waals surface area contributed by atoms with E-state index < -0.39 is 0 Å². The zero-order chi connectivity index (χ0) is 13.9. The summed E-state index contributed by atoms with van der Waals surface area (Å²) in [5.74, 6) is 2.35. The van der Waals surface area contributed by atoms with Crippen LogP contribution < -0.4 is 5.73 Å². The highest BCUT2D eigenvalue weighted by Crippen LogP contribution is 2.30. The molecule has 1 fully saturated rings. The van der Waals surface area contributed by atoms with Crippen LogP contribution in [-0.2, 0) is 6.54 Å². The number of hydrogen-bond donors (Lipinski definition) is 1. The van der Waals surface area contributed by atoms with Crippen molar-refractivity contribution in [1.29, 1.82) is 0 Å². The van der Waals surface area contributed by atoms with E-state index >= 15 is 0 Å². The molecule has 0 aliphatic heterocycles.